The zero-order valence-electron chi connectivity index (χ0n) is 15.0. The van der Waals surface area contributed by atoms with Gasteiger partial charge in [0.05, 0.1) is 11.4 Å². The van der Waals surface area contributed by atoms with Crippen LogP contribution in [0.15, 0.2) is 58.4 Å². The van der Waals surface area contributed by atoms with Crippen molar-refractivity contribution in [1.29, 1.82) is 0 Å². The number of aliphatic imine (C=N–C) groups is 1. The van der Waals surface area contributed by atoms with Gasteiger partial charge in [-0.05, 0) is 48.7 Å². The summed E-state index contributed by atoms with van der Waals surface area (Å²) in [4.78, 5) is 4.50. The number of guanidine groups is 1. The van der Waals surface area contributed by atoms with Crippen LogP contribution in [0.5, 0.6) is 0 Å². The predicted octanol–water partition coefficient (Wildman–Crippen LogP) is 2.39. The zero-order chi connectivity index (χ0) is 19.0. The maximum absolute atomic E-state index is 13.2. The number of primary sulfonamides is 1. The average molecular weight is 506 g/mol. The first-order chi connectivity index (χ1) is 12.4. The molecule has 0 aliphatic carbocycles. The molecule has 148 valence electrons. The summed E-state index contributed by atoms with van der Waals surface area (Å²) < 4.78 is 36.0. The Balaban J connectivity index is 0.00000364. The monoisotopic (exact) mass is 506 g/mol. The van der Waals surface area contributed by atoms with Crippen LogP contribution in [-0.4, -0.2) is 27.5 Å². The van der Waals surface area contributed by atoms with Crippen molar-refractivity contribution in [3.8, 4) is 0 Å². The molecular formula is C18H24FIN4O2S. The van der Waals surface area contributed by atoms with Crippen molar-refractivity contribution >= 4 is 40.0 Å². The van der Waals surface area contributed by atoms with Crippen molar-refractivity contribution in [3.63, 3.8) is 0 Å². The molecule has 0 saturated heterocycles. The smallest absolute Gasteiger partial charge is 0.238 e. The third-order valence-corrected chi connectivity index (χ3v) is 4.50. The Morgan fingerprint density at radius 1 is 1.11 bits per heavy atom. The van der Waals surface area contributed by atoms with Gasteiger partial charge < -0.3 is 10.6 Å². The van der Waals surface area contributed by atoms with Crippen molar-refractivity contribution in [2.24, 2.45) is 10.1 Å². The van der Waals surface area contributed by atoms with Crippen LogP contribution >= 0.6 is 24.0 Å². The van der Waals surface area contributed by atoms with E-state index in [2.05, 4.69) is 15.6 Å². The third-order valence-electron chi connectivity index (χ3n) is 3.59. The highest BCUT2D eigenvalue weighted by atomic mass is 127. The molecule has 27 heavy (non-hydrogen) atoms. The maximum atomic E-state index is 13.2. The van der Waals surface area contributed by atoms with Gasteiger partial charge in [0.25, 0.3) is 0 Å². The van der Waals surface area contributed by atoms with Crippen LogP contribution in [0.2, 0.25) is 0 Å². The second-order valence-electron chi connectivity index (χ2n) is 5.69. The number of nitrogens with zero attached hydrogens (tertiary/aromatic N) is 1. The summed E-state index contributed by atoms with van der Waals surface area (Å²) in [7, 11) is -3.73. The molecule has 0 spiro atoms. The number of nitrogens with one attached hydrogen (secondary N) is 2. The first-order valence-corrected chi connectivity index (χ1v) is 9.81. The fourth-order valence-corrected chi connectivity index (χ4v) is 2.93. The molecule has 2 aromatic rings. The molecule has 0 unspecified atom stereocenters. The number of hydrogen-bond donors (Lipinski definition) is 3. The molecule has 0 radical (unpaired) electrons. The van der Waals surface area contributed by atoms with Crippen LogP contribution in [0.25, 0.3) is 0 Å². The summed E-state index contributed by atoms with van der Waals surface area (Å²) in [6.45, 7) is 3.53. The third kappa shape index (κ3) is 8.22. The van der Waals surface area contributed by atoms with Gasteiger partial charge in [-0.15, -0.1) is 24.0 Å². The van der Waals surface area contributed by atoms with Crippen LogP contribution in [0.3, 0.4) is 0 Å². The molecule has 0 aliphatic rings. The lowest BCUT2D eigenvalue weighted by molar-refractivity contribution is 0.597. The number of sulfonamides is 1. The van der Waals surface area contributed by atoms with Gasteiger partial charge in [-0.1, -0.05) is 24.3 Å². The van der Waals surface area contributed by atoms with Gasteiger partial charge in [0.15, 0.2) is 5.96 Å². The Morgan fingerprint density at radius 2 is 1.81 bits per heavy atom. The Hall–Kier alpha value is -1.72. The molecule has 4 N–H and O–H groups in total. The summed E-state index contributed by atoms with van der Waals surface area (Å²) in [6.07, 6.45) is 0.656. The molecule has 6 nitrogen and oxygen atoms in total. The summed E-state index contributed by atoms with van der Waals surface area (Å²) in [5.41, 5.74) is 1.63. The van der Waals surface area contributed by atoms with E-state index < -0.39 is 10.0 Å². The molecule has 0 aliphatic heterocycles. The van der Waals surface area contributed by atoms with Crippen LogP contribution in [0.1, 0.15) is 18.1 Å². The number of hydrogen-bond acceptors (Lipinski definition) is 3. The van der Waals surface area contributed by atoms with Crippen molar-refractivity contribution in [2.45, 2.75) is 24.8 Å². The van der Waals surface area contributed by atoms with Gasteiger partial charge in [-0.3, -0.25) is 0 Å². The van der Waals surface area contributed by atoms with Crippen molar-refractivity contribution in [3.05, 3.63) is 65.5 Å². The molecule has 0 bridgehead atoms. The predicted molar refractivity (Wildman–Crippen MR) is 116 cm³/mol. The van der Waals surface area contributed by atoms with Gasteiger partial charge >= 0.3 is 0 Å². The lowest BCUT2D eigenvalue weighted by Gasteiger charge is -2.11. The molecule has 2 aromatic carbocycles. The fraction of sp³-hybridized carbons (Fsp3) is 0.278. The van der Waals surface area contributed by atoms with Gasteiger partial charge in [0.1, 0.15) is 5.82 Å². The van der Waals surface area contributed by atoms with Crippen LogP contribution in [-0.2, 0) is 23.0 Å². The molecule has 0 heterocycles. The second-order valence-corrected chi connectivity index (χ2v) is 7.26. The first kappa shape index (κ1) is 23.3. The normalized spacial score (nSPS) is 11.6. The number of rotatable bonds is 7. The largest absolute Gasteiger partial charge is 0.357 e. The van der Waals surface area contributed by atoms with Crippen LogP contribution in [0, 0.1) is 5.82 Å². The molecule has 2 rings (SSSR count). The highest BCUT2D eigenvalue weighted by molar-refractivity contribution is 14.0. The van der Waals surface area contributed by atoms with Crippen molar-refractivity contribution in [1.82, 2.24) is 10.6 Å². The zero-order valence-corrected chi connectivity index (χ0v) is 18.1. The Kier molecular flexibility index (Phi) is 9.67. The van der Waals surface area contributed by atoms with E-state index in [4.69, 9.17) is 5.14 Å². The lowest BCUT2D eigenvalue weighted by atomic mass is 10.1. The first-order valence-electron chi connectivity index (χ1n) is 8.27. The SMILES string of the molecule is CCNC(=NCc1cccc(S(N)(=O)=O)c1)NCCc1cccc(F)c1.I. The van der Waals surface area contributed by atoms with Gasteiger partial charge in [0, 0.05) is 13.1 Å². The minimum Gasteiger partial charge on any atom is -0.357 e. The maximum Gasteiger partial charge on any atom is 0.238 e. The quantitative estimate of drug-likeness (QED) is 0.305. The number of halogens is 2. The molecular weight excluding hydrogens is 482 g/mol. The Morgan fingerprint density at radius 3 is 2.48 bits per heavy atom. The van der Waals surface area contributed by atoms with Crippen LogP contribution in [0.4, 0.5) is 4.39 Å². The molecule has 0 atom stereocenters. The molecule has 0 fully saturated rings. The molecule has 0 aromatic heterocycles. The average Bonchev–Trinajstić information content (AvgIpc) is 2.59. The highest BCUT2D eigenvalue weighted by Gasteiger charge is 2.07. The Labute approximate surface area is 176 Å². The van der Waals surface area contributed by atoms with Gasteiger partial charge in [0.2, 0.25) is 10.0 Å². The topological polar surface area (TPSA) is 96.6 Å². The lowest BCUT2D eigenvalue weighted by Crippen LogP contribution is -2.38. The molecule has 0 saturated carbocycles. The van der Waals surface area contributed by atoms with E-state index in [1.807, 2.05) is 13.0 Å². The van der Waals surface area contributed by atoms with Crippen LogP contribution < -0.4 is 15.8 Å². The van der Waals surface area contributed by atoms with Gasteiger partial charge in [-0.25, -0.2) is 22.9 Å². The Bertz CT molecular complexity index is 875. The summed E-state index contributed by atoms with van der Waals surface area (Å²) in [5, 5.41) is 11.4. The van der Waals surface area contributed by atoms with Gasteiger partial charge in [-0.2, -0.15) is 0 Å². The van der Waals surface area contributed by atoms with E-state index in [-0.39, 0.29) is 34.7 Å². The fourth-order valence-electron chi connectivity index (χ4n) is 2.35. The summed E-state index contributed by atoms with van der Waals surface area (Å²) in [6, 6.07) is 12.8. The highest BCUT2D eigenvalue weighted by Crippen LogP contribution is 2.10. The van der Waals surface area contributed by atoms with E-state index in [0.717, 1.165) is 11.1 Å². The summed E-state index contributed by atoms with van der Waals surface area (Å²) >= 11 is 0. The minimum atomic E-state index is -3.73. The second kappa shape index (κ2) is 11.2. The van der Waals surface area contributed by atoms with E-state index in [0.29, 0.717) is 32.0 Å². The standard InChI is InChI=1S/C18H23FN4O2S.HI/c1-2-21-18(22-10-9-14-5-3-7-16(19)11-14)23-13-15-6-4-8-17(12-15)26(20,24)25;/h3-8,11-12H,2,9-10,13H2,1H3,(H2,20,24,25)(H2,21,22,23);1H. The van der Waals surface area contributed by atoms with E-state index in [1.165, 1.54) is 24.3 Å². The van der Waals surface area contributed by atoms with E-state index in [9.17, 15) is 12.8 Å². The van der Waals surface area contributed by atoms with E-state index in [1.54, 1.807) is 18.2 Å². The molecule has 0 amide bonds. The number of benzene rings is 2. The van der Waals surface area contributed by atoms with Crippen molar-refractivity contribution < 1.29 is 12.8 Å². The molecule has 9 heteroatoms. The summed E-state index contributed by atoms with van der Waals surface area (Å²) in [5.74, 6) is 0.350. The van der Waals surface area contributed by atoms with Crippen molar-refractivity contribution in [2.75, 3.05) is 13.1 Å². The minimum absolute atomic E-state index is 0. The van der Waals surface area contributed by atoms with E-state index >= 15 is 0 Å². The number of nitrogens with two attached hydrogens (primary N) is 1.